The number of carbonyl (C=O) groups excluding carboxylic acids is 1. The molecule has 2 aliphatic heterocycles. The monoisotopic (exact) mass is 433 g/mol. The topological polar surface area (TPSA) is 84.6 Å². The van der Waals surface area contributed by atoms with E-state index in [-0.39, 0.29) is 36.6 Å². The Morgan fingerprint density at radius 2 is 1.89 bits per heavy atom. The molecule has 1 unspecified atom stereocenters. The number of halogens is 2. The highest BCUT2D eigenvalue weighted by atomic mass is 35.5. The van der Waals surface area contributed by atoms with Crippen molar-refractivity contribution in [2.45, 2.75) is 18.9 Å². The van der Waals surface area contributed by atoms with E-state index in [4.69, 9.17) is 10.5 Å². The Morgan fingerprint density at radius 1 is 1.19 bits per heavy atom. The molecule has 1 amide bonds. The van der Waals surface area contributed by atoms with Crippen molar-refractivity contribution in [2.24, 2.45) is 11.7 Å². The molecule has 0 saturated carbocycles. The second-order valence-corrected chi connectivity index (χ2v) is 7.52. The smallest absolute Gasteiger partial charge is 0.239 e. The van der Waals surface area contributed by atoms with Gasteiger partial charge in [0.2, 0.25) is 5.91 Å². The molecule has 2 N–H and O–H groups in total. The fourth-order valence-electron chi connectivity index (χ4n) is 3.65. The van der Waals surface area contributed by atoms with Gasteiger partial charge in [-0.1, -0.05) is 0 Å². The van der Waals surface area contributed by atoms with Gasteiger partial charge in [-0.25, -0.2) is 9.97 Å². The molecule has 150 valence electrons. The maximum atomic E-state index is 12.7. The predicted molar refractivity (Wildman–Crippen MR) is 112 cm³/mol. The highest BCUT2D eigenvalue weighted by Gasteiger charge is 2.32. The number of nitrogens with zero attached hydrogens (tertiary/aromatic N) is 4. The predicted octanol–water partition coefficient (Wildman–Crippen LogP) is 1.94. The van der Waals surface area contributed by atoms with Gasteiger partial charge in [0.1, 0.15) is 17.0 Å². The molecule has 2 aliphatic rings. The molecule has 0 radical (unpaired) electrons. The number of rotatable bonds is 3. The number of amides is 1. The minimum absolute atomic E-state index is 0. The van der Waals surface area contributed by atoms with E-state index in [9.17, 15) is 4.79 Å². The molecular weight excluding hydrogens is 409 g/mol. The number of hydrogen-bond acceptors (Lipinski definition) is 7. The molecule has 1 atom stereocenters. The van der Waals surface area contributed by atoms with Gasteiger partial charge in [0.05, 0.1) is 11.4 Å². The summed E-state index contributed by atoms with van der Waals surface area (Å²) in [6.45, 7) is 4.34. The van der Waals surface area contributed by atoms with Crippen LogP contribution in [0.1, 0.15) is 12.8 Å². The summed E-state index contributed by atoms with van der Waals surface area (Å²) in [6, 6.07) is 1.66. The van der Waals surface area contributed by atoms with Crippen molar-refractivity contribution in [1.82, 2.24) is 14.9 Å². The molecule has 0 aromatic carbocycles. The summed E-state index contributed by atoms with van der Waals surface area (Å²) < 4.78 is 5.37. The second kappa shape index (κ2) is 9.84. The molecule has 0 bridgehead atoms. The molecule has 10 heteroatoms. The normalized spacial score (nSPS) is 19.3. The Labute approximate surface area is 175 Å². The van der Waals surface area contributed by atoms with Crippen molar-refractivity contribution in [3.05, 3.63) is 17.8 Å². The number of thiophene rings is 1. The Balaban J connectivity index is 0.00000131. The zero-order chi connectivity index (χ0) is 17.2. The maximum Gasteiger partial charge on any atom is 0.239 e. The van der Waals surface area contributed by atoms with Crippen LogP contribution in [-0.2, 0) is 9.53 Å². The molecule has 4 heterocycles. The third kappa shape index (κ3) is 4.63. The van der Waals surface area contributed by atoms with E-state index >= 15 is 0 Å². The first kappa shape index (κ1) is 22.1. The maximum absolute atomic E-state index is 12.7. The number of aromatic nitrogens is 2. The summed E-state index contributed by atoms with van der Waals surface area (Å²) in [5, 5.41) is 3.13. The van der Waals surface area contributed by atoms with E-state index in [1.807, 2.05) is 10.3 Å². The molecule has 4 rings (SSSR count). The van der Waals surface area contributed by atoms with Crippen molar-refractivity contribution < 1.29 is 9.53 Å². The molecule has 2 aromatic heterocycles. The Kier molecular flexibility index (Phi) is 8.05. The highest BCUT2D eigenvalue weighted by Crippen LogP contribution is 2.27. The Bertz CT molecular complexity index is 748. The van der Waals surface area contributed by atoms with Crippen molar-refractivity contribution in [3.63, 3.8) is 0 Å². The van der Waals surface area contributed by atoms with E-state index < -0.39 is 6.04 Å². The number of hydrogen-bond donors (Lipinski definition) is 1. The van der Waals surface area contributed by atoms with Gasteiger partial charge in [-0.05, 0) is 30.2 Å². The van der Waals surface area contributed by atoms with Crippen LogP contribution in [0.3, 0.4) is 0 Å². The molecule has 2 saturated heterocycles. The Hall–Kier alpha value is -1.19. The van der Waals surface area contributed by atoms with Crippen LogP contribution in [0.5, 0.6) is 0 Å². The zero-order valence-corrected chi connectivity index (χ0v) is 17.4. The summed E-state index contributed by atoms with van der Waals surface area (Å²) in [5.41, 5.74) is 6.25. The van der Waals surface area contributed by atoms with Crippen LogP contribution in [-0.4, -0.2) is 66.2 Å². The van der Waals surface area contributed by atoms with Gasteiger partial charge >= 0.3 is 0 Å². The van der Waals surface area contributed by atoms with Crippen molar-refractivity contribution in [3.8, 4) is 0 Å². The van der Waals surface area contributed by atoms with Gasteiger partial charge in [-0.3, -0.25) is 4.79 Å². The number of fused-ring (bicyclic) bond motifs is 1. The number of nitrogens with two attached hydrogens (primary N) is 1. The van der Waals surface area contributed by atoms with Gasteiger partial charge in [0, 0.05) is 39.4 Å². The van der Waals surface area contributed by atoms with E-state index in [0.717, 1.165) is 42.0 Å². The minimum Gasteiger partial charge on any atom is -0.381 e. The van der Waals surface area contributed by atoms with Crippen molar-refractivity contribution in [1.29, 1.82) is 0 Å². The van der Waals surface area contributed by atoms with Crippen molar-refractivity contribution in [2.75, 3.05) is 44.3 Å². The van der Waals surface area contributed by atoms with Crippen LogP contribution in [0.15, 0.2) is 17.8 Å². The van der Waals surface area contributed by atoms with Crippen LogP contribution in [0, 0.1) is 5.92 Å². The van der Waals surface area contributed by atoms with Crippen LogP contribution in [0.2, 0.25) is 0 Å². The van der Waals surface area contributed by atoms with Gasteiger partial charge in [0.25, 0.3) is 0 Å². The Morgan fingerprint density at radius 3 is 2.59 bits per heavy atom. The summed E-state index contributed by atoms with van der Waals surface area (Å²) in [4.78, 5) is 26.6. The van der Waals surface area contributed by atoms with Gasteiger partial charge in [-0.2, -0.15) is 0 Å². The average Bonchev–Trinajstić information content (AvgIpc) is 3.16. The molecule has 0 aliphatic carbocycles. The third-order valence-electron chi connectivity index (χ3n) is 5.19. The van der Waals surface area contributed by atoms with Crippen LogP contribution >= 0.6 is 36.2 Å². The number of ether oxygens (including phenoxy) is 1. The van der Waals surface area contributed by atoms with Gasteiger partial charge in [-0.15, -0.1) is 36.2 Å². The van der Waals surface area contributed by atoms with Crippen LogP contribution in [0.25, 0.3) is 10.2 Å². The lowest BCUT2D eigenvalue weighted by Crippen LogP contribution is -2.55. The lowest BCUT2D eigenvalue weighted by molar-refractivity contribution is -0.135. The van der Waals surface area contributed by atoms with Gasteiger partial charge < -0.3 is 20.3 Å². The molecule has 27 heavy (non-hydrogen) atoms. The largest absolute Gasteiger partial charge is 0.381 e. The summed E-state index contributed by atoms with van der Waals surface area (Å²) in [7, 11) is 0. The standard InChI is InChI=1S/C17H23N5O2S.2ClH/c18-14(12-1-8-24-9-2-12)17(23)22-6-4-21(5-7-22)15-13-3-10-25-16(13)20-11-19-15;;/h3,10-12,14H,1-2,4-9,18H2;2*1H. The number of anilines is 1. The fourth-order valence-corrected chi connectivity index (χ4v) is 4.38. The first-order valence-corrected chi connectivity index (χ1v) is 9.67. The van der Waals surface area contributed by atoms with Gasteiger partial charge in [0.15, 0.2) is 0 Å². The lowest BCUT2D eigenvalue weighted by Gasteiger charge is -2.38. The summed E-state index contributed by atoms with van der Waals surface area (Å²) in [6.07, 6.45) is 3.38. The second-order valence-electron chi connectivity index (χ2n) is 6.62. The first-order valence-electron chi connectivity index (χ1n) is 8.79. The lowest BCUT2D eigenvalue weighted by atomic mass is 9.91. The summed E-state index contributed by atoms with van der Waals surface area (Å²) in [5.74, 6) is 1.29. The molecule has 7 nitrogen and oxygen atoms in total. The van der Waals surface area contributed by atoms with E-state index in [2.05, 4.69) is 20.9 Å². The first-order chi connectivity index (χ1) is 12.2. The van der Waals surface area contributed by atoms with Crippen LogP contribution in [0.4, 0.5) is 5.82 Å². The van der Waals surface area contributed by atoms with E-state index in [0.29, 0.717) is 26.3 Å². The number of carbonyl (C=O) groups is 1. The highest BCUT2D eigenvalue weighted by molar-refractivity contribution is 7.16. The summed E-state index contributed by atoms with van der Waals surface area (Å²) >= 11 is 1.62. The molecular formula is C17H25Cl2N5O2S. The number of piperazine rings is 1. The average molecular weight is 434 g/mol. The van der Waals surface area contributed by atoms with Crippen LogP contribution < -0.4 is 10.6 Å². The van der Waals surface area contributed by atoms with E-state index in [1.165, 1.54) is 0 Å². The minimum atomic E-state index is -0.405. The fraction of sp³-hybridized carbons (Fsp3) is 0.588. The molecule has 2 aromatic rings. The van der Waals surface area contributed by atoms with E-state index in [1.54, 1.807) is 17.7 Å². The third-order valence-corrected chi connectivity index (χ3v) is 6.01. The SMILES string of the molecule is Cl.Cl.NC(C(=O)N1CCN(c2ncnc3sccc23)CC1)C1CCOCC1. The quantitative estimate of drug-likeness (QED) is 0.795. The molecule has 0 spiro atoms. The molecule has 2 fully saturated rings. The van der Waals surface area contributed by atoms with Crippen molar-refractivity contribution >= 4 is 58.1 Å². The zero-order valence-electron chi connectivity index (χ0n) is 15.0.